The number of ether oxygens (including phenoxy) is 1. The molecule has 1 heterocycles. The molecule has 2 aromatic rings. The highest BCUT2D eigenvalue weighted by atomic mass is 16.5. The lowest BCUT2D eigenvalue weighted by Crippen LogP contribution is -2.33. The van der Waals surface area contributed by atoms with Gasteiger partial charge in [-0.3, -0.25) is 9.59 Å². The molecule has 0 bridgehead atoms. The Labute approximate surface area is 185 Å². The Bertz CT molecular complexity index is 828. The van der Waals surface area contributed by atoms with E-state index in [1.54, 1.807) is 12.0 Å². The molecule has 170 valence electrons. The van der Waals surface area contributed by atoms with Crippen LogP contribution in [0, 0.1) is 11.8 Å². The van der Waals surface area contributed by atoms with E-state index in [0.29, 0.717) is 30.8 Å². The molecule has 2 rings (SSSR count). The molecule has 0 aliphatic rings. The number of hydrogen-bond donors (Lipinski definition) is 1. The number of amides is 2. The third-order valence-corrected chi connectivity index (χ3v) is 4.96. The Balaban J connectivity index is 2.01. The van der Waals surface area contributed by atoms with Crippen molar-refractivity contribution in [2.45, 2.75) is 53.5 Å². The number of hydrogen-bond acceptors (Lipinski definition) is 5. The Morgan fingerprint density at radius 2 is 1.77 bits per heavy atom. The number of aromatic nitrogens is 1. The van der Waals surface area contributed by atoms with Gasteiger partial charge in [0.1, 0.15) is 12.0 Å². The summed E-state index contributed by atoms with van der Waals surface area (Å²) in [6, 6.07) is 7.48. The number of rotatable bonds is 12. The summed E-state index contributed by atoms with van der Waals surface area (Å²) in [6.07, 6.45) is 3.41. The normalized spacial score (nSPS) is 11.1. The molecule has 1 aromatic heterocycles. The van der Waals surface area contributed by atoms with Gasteiger partial charge >= 0.3 is 0 Å². The second-order valence-corrected chi connectivity index (χ2v) is 8.59. The zero-order valence-electron chi connectivity index (χ0n) is 19.3. The Hall–Kier alpha value is -2.83. The molecule has 0 spiro atoms. The maximum Gasteiger partial charge on any atom is 0.273 e. The maximum absolute atomic E-state index is 13.0. The van der Waals surface area contributed by atoms with Crippen LogP contribution in [0.1, 0.15) is 62.5 Å². The zero-order chi connectivity index (χ0) is 22.8. The van der Waals surface area contributed by atoms with Crippen molar-refractivity contribution in [2.24, 2.45) is 11.8 Å². The van der Waals surface area contributed by atoms with Crippen LogP contribution in [0.3, 0.4) is 0 Å². The number of benzene rings is 1. The van der Waals surface area contributed by atoms with Gasteiger partial charge in [-0.1, -0.05) is 39.8 Å². The van der Waals surface area contributed by atoms with E-state index in [0.717, 1.165) is 24.2 Å². The first-order chi connectivity index (χ1) is 14.8. The molecule has 0 saturated heterocycles. The molecule has 0 aliphatic carbocycles. The highest BCUT2D eigenvalue weighted by Crippen LogP contribution is 2.15. The summed E-state index contributed by atoms with van der Waals surface area (Å²) in [6.45, 7) is 9.89. The fourth-order valence-corrected chi connectivity index (χ4v) is 2.95. The topological polar surface area (TPSA) is 84.7 Å². The van der Waals surface area contributed by atoms with Crippen molar-refractivity contribution in [1.29, 1.82) is 0 Å². The monoisotopic (exact) mass is 429 g/mol. The molecule has 0 saturated carbocycles. The van der Waals surface area contributed by atoms with Crippen molar-refractivity contribution in [2.75, 3.05) is 20.2 Å². The van der Waals surface area contributed by atoms with Crippen molar-refractivity contribution in [1.82, 2.24) is 15.2 Å². The van der Waals surface area contributed by atoms with Crippen LogP contribution in [0.5, 0.6) is 5.75 Å². The van der Waals surface area contributed by atoms with Crippen LogP contribution in [0.2, 0.25) is 0 Å². The molecule has 0 atom stereocenters. The minimum atomic E-state index is -0.256. The average molecular weight is 430 g/mol. The second-order valence-electron chi connectivity index (χ2n) is 8.59. The highest BCUT2D eigenvalue weighted by molar-refractivity contribution is 5.91. The Morgan fingerprint density at radius 1 is 1.10 bits per heavy atom. The Kier molecular flexibility index (Phi) is 9.56. The number of carbonyl (C=O) groups excluding carboxylic acids is 2. The van der Waals surface area contributed by atoms with Crippen molar-refractivity contribution < 1.29 is 18.7 Å². The fraction of sp³-hybridized carbons (Fsp3) is 0.542. The highest BCUT2D eigenvalue weighted by Gasteiger charge is 2.19. The van der Waals surface area contributed by atoms with Gasteiger partial charge in [-0.15, -0.1) is 0 Å². The second kappa shape index (κ2) is 12.1. The van der Waals surface area contributed by atoms with Gasteiger partial charge in [-0.2, -0.15) is 0 Å². The lowest BCUT2D eigenvalue weighted by Gasteiger charge is -2.22. The van der Waals surface area contributed by atoms with Crippen LogP contribution < -0.4 is 10.1 Å². The SMILES string of the molecule is COc1ccc(CC(=O)N(CCC(C)C)Cc2nc(C(=O)NCCC(C)C)co2)cc1. The van der Waals surface area contributed by atoms with Crippen LogP contribution >= 0.6 is 0 Å². The van der Waals surface area contributed by atoms with Crippen molar-refractivity contribution in [3.8, 4) is 5.75 Å². The summed E-state index contributed by atoms with van der Waals surface area (Å²) < 4.78 is 10.7. The van der Waals surface area contributed by atoms with Crippen LogP contribution in [-0.4, -0.2) is 41.9 Å². The molecule has 7 nitrogen and oxygen atoms in total. The maximum atomic E-state index is 13.0. The third kappa shape index (κ3) is 8.44. The van der Waals surface area contributed by atoms with Crippen molar-refractivity contribution in [3.05, 3.63) is 47.7 Å². The van der Waals surface area contributed by atoms with Gasteiger partial charge < -0.3 is 19.4 Å². The molecule has 0 radical (unpaired) electrons. The van der Waals surface area contributed by atoms with E-state index in [4.69, 9.17) is 9.15 Å². The first-order valence-electron chi connectivity index (χ1n) is 10.9. The van der Waals surface area contributed by atoms with Gasteiger partial charge in [-0.05, 0) is 42.4 Å². The lowest BCUT2D eigenvalue weighted by molar-refractivity contribution is -0.131. The standard InChI is InChI=1S/C24H35N3O4/c1-17(2)10-12-25-24(29)21-16-31-22(26-21)15-27(13-11-18(3)4)23(28)14-19-6-8-20(30-5)9-7-19/h6-9,16-18H,10-15H2,1-5H3,(H,25,29). The minimum Gasteiger partial charge on any atom is -0.497 e. The fourth-order valence-electron chi connectivity index (χ4n) is 2.95. The molecule has 0 aliphatic heterocycles. The first kappa shape index (κ1) is 24.4. The molecular formula is C24H35N3O4. The van der Waals surface area contributed by atoms with E-state index < -0.39 is 0 Å². The molecule has 0 unspecified atom stereocenters. The molecule has 1 aromatic carbocycles. The van der Waals surface area contributed by atoms with E-state index in [2.05, 4.69) is 38.0 Å². The van der Waals surface area contributed by atoms with Gasteiger partial charge in [0.05, 0.1) is 20.1 Å². The van der Waals surface area contributed by atoms with E-state index in [9.17, 15) is 9.59 Å². The molecule has 7 heteroatoms. The summed E-state index contributed by atoms with van der Waals surface area (Å²) >= 11 is 0. The number of oxazole rings is 1. The number of nitrogens with one attached hydrogen (secondary N) is 1. The molecular weight excluding hydrogens is 394 g/mol. The van der Waals surface area contributed by atoms with Gasteiger partial charge in [-0.25, -0.2) is 4.98 Å². The summed E-state index contributed by atoms with van der Waals surface area (Å²) in [7, 11) is 1.61. The molecule has 0 fully saturated rings. The van der Waals surface area contributed by atoms with Crippen LogP contribution in [0.25, 0.3) is 0 Å². The number of carbonyl (C=O) groups is 2. The summed E-state index contributed by atoms with van der Waals surface area (Å²) in [4.78, 5) is 31.3. The van der Waals surface area contributed by atoms with E-state index in [1.165, 1.54) is 6.26 Å². The van der Waals surface area contributed by atoms with Gasteiger partial charge in [0.2, 0.25) is 11.8 Å². The van der Waals surface area contributed by atoms with E-state index in [1.807, 2.05) is 24.3 Å². The zero-order valence-corrected chi connectivity index (χ0v) is 19.3. The van der Waals surface area contributed by atoms with Crippen LogP contribution in [-0.2, 0) is 17.8 Å². The van der Waals surface area contributed by atoms with E-state index in [-0.39, 0.29) is 30.5 Å². The summed E-state index contributed by atoms with van der Waals surface area (Å²) in [5.41, 5.74) is 1.16. The smallest absolute Gasteiger partial charge is 0.273 e. The largest absolute Gasteiger partial charge is 0.497 e. The van der Waals surface area contributed by atoms with Gasteiger partial charge in [0.15, 0.2) is 5.69 Å². The van der Waals surface area contributed by atoms with Gasteiger partial charge in [0.25, 0.3) is 5.91 Å². The first-order valence-corrected chi connectivity index (χ1v) is 10.9. The summed E-state index contributed by atoms with van der Waals surface area (Å²) in [5, 5.41) is 2.85. The number of nitrogens with zero attached hydrogens (tertiary/aromatic N) is 2. The van der Waals surface area contributed by atoms with E-state index >= 15 is 0 Å². The minimum absolute atomic E-state index is 0.00745. The van der Waals surface area contributed by atoms with Crippen LogP contribution in [0.15, 0.2) is 34.9 Å². The molecule has 31 heavy (non-hydrogen) atoms. The predicted octanol–water partition coefficient (Wildman–Crippen LogP) is 4.08. The predicted molar refractivity (Wildman–Crippen MR) is 120 cm³/mol. The van der Waals surface area contributed by atoms with Crippen molar-refractivity contribution in [3.63, 3.8) is 0 Å². The quantitative estimate of drug-likeness (QED) is 0.550. The molecule has 2 amide bonds. The van der Waals surface area contributed by atoms with Gasteiger partial charge in [0, 0.05) is 13.1 Å². The van der Waals surface area contributed by atoms with Crippen LogP contribution in [0.4, 0.5) is 0 Å². The average Bonchev–Trinajstić information content (AvgIpc) is 3.20. The lowest BCUT2D eigenvalue weighted by atomic mass is 10.1. The molecule has 1 N–H and O–H groups in total. The third-order valence-electron chi connectivity index (χ3n) is 4.96. The Morgan fingerprint density at radius 3 is 2.39 bits per heavy atom. The van der Waals surface area contributed by atoms with Crippen molar-refractivity contribution >= 4 is 11.8 Å². The summed E-state index contributed by atoms with van der Waals surface area (Å²) in [5.74, 6) is 1.83. The number of methoxy groups -OCH3 is 1.